The van der Waals surface area contributed by atoms with Crippen LogP contribution in [0.2, 0.25) is 0 Å². The predicted octanol–water partition coefficient (Wildman–Crippen LogP) is 1.47. The molecule has 0 unspecified atom stereocenters. The van der Waals surface area contributed by atoms with Gasteiger partial charge in [0.1, 0.15) is 0 Å². The molecule has 1 aromatic rings. The fraction of sp³-hybridized carbons (Fsp3) is 0.267. The molecule has 1 aromatic carbocycles. The lowest BCUT2D eigenvalue weighted by Gasteiger charge is -2.12. The van der Waals surface area contributed by atoms with E-state index in [9.17, 15) is 4.79 Å². The number of amides is 1. The third-order valence-electron chi connectivity index (χ3n) is 2.48. The van der Waals surface area contributed by atoms with Crippen LogP contribution in [0.3, 0.4) is 0 Å². The molecule has 0 aliphatic carbocycles. The van der Waals surface area contributed by atoms with Gasteiger partial charge in [-0.05, 0) is 23.8 Å². The zero-order valence-corrected chi connectivity index (χ0v) is 11.7. The molecule has 0 aliphatic rings. The summed E-state index contributed by atoms with van der Waals surface area (Å²) in [5, 5.41) is 2.53. The highest BCUT2D eigenvalue weighted by Gasteiger charge is 2.12. The van der Waals surface area contributed by atoms with E-state index in [1.165, 1.54) is 27.4 Å². The Morgan fingerprint density at radius 3 is 2.30 bits per heavy atom. The molecule has 0 spiro atoms. The summed E-state index contributed by atoms with van der Waals surface area (Å²) < 4.78 is 15.7. The van der Waals surface area contributed by atoms with Crippen LogP contribution in [0.1, 0.15) is 5.56 Å². The SMILES string of the molecule is C#CCNC(=O)/C=C/c1cc(OC)c(OC)c(OC)c1. The second kappa shape index (κ2) is 7.74. The number of nitrogens with one attached hydrogen (secondary N) is 1. The maximum absolute atomic E-state index is 11.4. The minimum atomic E-state index is -0.267. The van der Waals surface area contributed by atoms with Crippen LogP contribution < -0.4 is 19.5 Å². The lowest BCUT2D eigenvalue weighted by atomic mass is 10.1. The second-order valence-corrected chi connectivity index (χ2v) is 3.71. The first-order valence-corrected chi connectivity index (χ1v) is 5.85. The normalized spacial score (nSPS) is 9.90. The number of carbonyl (C=O) groups is 1. The average Bonchev–Trinajstić information content (AvgIpc) is 2.49. The first-order valence-electron chi connectivity index (χ1n) is 5.85. The van der Waals surface area contributed by atoms with Gasteiger partial charge in [-0.1, -0.05) is 5.92 Å². The van der Waals surface area contributed by atoms with Crippen LogP contribution in [-0.2, 0) is 4.79 Å². The Morgan fingerprint density at radius 1 is 1.25 bits per heavy atom. The molecule has 0 saturated carbocycles. The third-order valence-corrected chi connectivity index (χ3v) is 2.48. The Morgan fingerprint density at radius 2 is 1.85 bits per heavy atom. The van der Waals surface area contributed by atoms with Crippen molar-refractivity contribution in [2.45, 2.75) is 0 Å². The number of benzene rings is 1. The third kappa shape index (κ3) is 3.95. The van der Waals surface area contributed by atoms with Crippen molar-refractivity contribution < 1.29 is 19.0 Å². The number of terminal acetylenes is 1. The van der Waals surface area contributed by atoms with E-state index < -0.39 is 0 Å². The fourth-order valence-corrected chi connectivity index (χ4v) is 1.57. The van der Waals surface area contributed by atoms with Crippen LogP contribution in [0.4, 0.5) is 0 Å². The number of methoxy groups -OCH3 is 3. The highest BCUT2D eigenvalue weighted by molar-refractivity contribution is 5.92. The van der Waals surface area contributed by atoms with Gasteiger partial charge in [0, 0.05) is 6.08 Å². The van der Waals surface area contributed by atoms with E-state index in [0.29, 0.717) is 17.2 Å². The minimum absolute atomic E-state index is 0.193. The van der Waals surface area contributed by atoms with Crippen molar-refractivity contribution in [2.75, 3.05) is 27.9 Å². The Kier molecular flexibility index (Phi) is 5.98. The van der Waals surface area contributed by atoms with Crippen LogP contribution >= 0.6 is 0 Å². The summed E-state index contributed by atoms with van der Waals surface area (Å²) in [4.78, 5) is 11.4. The van der Waals surface area contributed by atoms with E-state index in [4.69, 9.17) is 20.6 Å². The number of hydrogen-bond donors (Lipinski definition) is 1. The molecule has 0 fully saturated rings. The van der Waals surface area contributed by atoms with Crippen LogP contribution in [0.25, 0.3) is 6.08 Å². The number of carbonyl (C=O) groups excluding carboxylic acids is 1. The molecule has 0 bridgehead atoms. The van der Waals surface area contributed by atoms with Crippen LogP contribution in [0.15, 0.2) is 18.2 Å². The van der Waals surface area contributed by atoms with E-state index in [1.807, 2.05) is 0 Å². The highest BCUT2D eigenvalue weighted by atomic mass is 16.5. The summed E-state index contributed by atoms with van der Waals surface area (Å²) in [6, 6.07) is 3.48. The quantitative estimate of drug-likeness (QED) is 0.631. The summed E-state index contributed by atoms with van der Waals surface area (Å²) in [5.41, 5.74) is 0.746. The standard InChI is InChI=1S/C15H17NO4/c1-5-8-16-14(17)7-6-11-9-12(18-2)15(20-4)13(10-11)19-3/h1,6-7,9-10H,8H2,2-4H3,(H,16,17)/b7-6+. The number of ether oxygens (including phenoxy) is 3. The summed E-state index contributed by atoms with van der Waals surface area (Å²) >= 11 is 0. The molecule has 0 radical (unpaired) electrons. The Bertz CT molecular complexity index is 518. The van der Waals surface area contributed by atoms with Gasteiger partial charge in [0.2, 0.25) is 11.7 Å². The van der Waals surface area contributed by atoms with Gasteiger partial charge >= 0.3 is 0 Å². The van der Waals surface area contributed by atoms with E-state index in [2.05, 4.69) is 11.2 Å². The van der Waals surface area contributed by atoms with Crippen LogP contribution in [-0.4, -0.2) is 33.8 Å². The van der Waals surface area contributed by atoms with Gasteiger partial charge in [0.05, 0.1) is 27.9 Å². The summed E-state index contributed by atoms with van der Waals surface area (Å²) in [5.74, 6) is 3.61. The van der Waals surface area contributed by atoms with Crippen molar-refractivity contribution in [2.24, 2.45) is 0 Å². The lowest BCUT2D eigenvalue weighted by Crippen LogP contribution is -2.20. The van der Waals surface area contributed by atoms with Gasteiger partial charge in [-0.3, -0.25) is 4.79 Å². The van der Waals surface area contributed by atoms with Crippen molar-refractivity contribution in [1.29, 1.82) is 0 Å². The maximum atomic E-state index is 11.4. The van der Waals surface area contributed by atoms with Crippen molar-refractivity contribution in [3.63, 3.8) is 0 Å². The molecule has 106 valence electrons. The molecule has 0 saturated heterocycles. The molecular weight excluding hydrogens is 258 g/mol. The number of hydrogen-bond acceptors (Lipinski definition) is 4. The summed E-state index contributed by atoms with van der Waals surface area (Å²) in [7, 11) is 4.60. The second-order valence-electron chi connectivity index (χ2n) is 3.71. The molecule has 1 N–H and O–H groups in total. The molecular formula is C15H17NO4. The minimum Gasteiger partial charge on any atom is -0.493 e. The Labute approximate surface area is 118 Å². The van der Waals surface area contributed by atoms with E-state index in [0.717, 1.165) is 5.56 Å². The zero-order valence-electron chi connectivity index (χ0n) is 11.7. The average molecular weight is 275 g/mol. The molecule has 20 heavy (non-hydrogen) atoms. The van der Waals surface area contributed by atoms with E-state index in [-0.39, 0.29) is 12.5 Å². The molecule has 1 rings (SSSR count). The van der Waals surface area contributed by atoms with Gasteiger partial charge in [0.15, 0.2) is 11.5 Å². The first kappa shape index (κ1) is 15.4. The molecule has 5 heteroatoms. The summed E-state index contributed by atoms with van der Waals surface area (Å²) in [6.45, 7) is 0.193. The topological polar surface area (TPSA) is 56.8 Å². The van der Waals surface area contributed by atoms with Crippen molar-refractivity contribution in [1.82, 2.24) is 5.32 Å². The molecule has 0 aromatic heterocycles. The van der Waals surface area contributed by atoms with E-state index >= 15 is 0 Å². The Hall–Kier alpha value is -2.61. The lowest BCUT2D eigenvalue weighted by molar-refractivity contribution is -0.116. The fourth-order valence-electron chi connectivity index (χ4n) is 1.57. The zero-order chi connectivity index (χ0) is 15.0. The van der Waals surface area contributed by atoms with Crippen LogP contribution in [0, 0.1) is 12.3 Å². The smallest absolute Gasteiger partial charge is 0.244 e. The van der Waals surface area contributed by atoms with Crippen LogP contribution in [0.5, 0.6) is 17.2 Å². The van der Waals surface area contributed by atoms with Gasteiger partial charge in [-0.2, -0.15) is 0 Å². The molecule has 0 atom stereocenters. The van der Waals surface area contributed by atoms with Crippen molar-refractivity contribution in [3.05, 3.63) is 23.8 Å². The van der Waals surface area contributed by atoms with Crippen molar-refractivity contribution in [3.8, 4) is 29.6 Å². The highest BCUT2D eigenvalue weighted by Crippen LogP contribution is 2.38. The molecule has 1 amide bonds. The molecule has 5 nitrogen and oxygen atoms in total. The van der Waals surface area contributed by atoms with E-state index in [1.54, 1.807) is 18.2 Å². The van der Waals surface area contributed by atoms with Gasteiger partial charge in [-0.15, -0.1) is 6.42 Å². The molecule has 0 heterocycles. The monoisotopic (exact) mass is 275 g/mol. The largest absolute Gasteiger partial charge is 0.493 e. The van der Waals surface area contributed by atoms with Gasteiger partial charge < -0.3 is 19.5 Å². The predicted molar refractivity (Wildman–Crippen MR) is 77.0 cm³/mol. The number of rotatable bonds is 6. The van der Waals surface area contributed by atoms with Gasteiger partial charge in [-0.25, -0.2) is 0 Å². The maximum Gasteiger partial charge on any atom is 0.244 e. The first-order chi connectivity index (χ1) is 9.65. The Balaban J connectivity index is 2.99. The summed E-state index contributed by atoms with van der Waals surface area (Å²) in [6.07, 6.45) is 8.08. The van der Waals surface area contributed by atoms with Gasteiger partial charge in [0.25, 0.3) is 0 Å². The molecule has 0 aliphatic heterocycles. The van der Waals surface area contributed by atoms with Crippen molar-refractivity contribution >= 4 is 12.0 Å².